The third kappa shape index (κ3) is 3.24. The van der Waals surface area contributed by atoms with E-state index in [4.69, 9.17) is 11.6 Å². The maximum atomic E-state index is 5.96. The predicted molar refractivity (Wildman–Crippen MR) is 92.0 cm³/mol. The fourth-order valence-electron chi connectivity index (χ4n) is 4.41. The Labute approximate surface area is 138 Å². The van der Waals surface area contributed by atoms with E-state index < -0.39 is 0 Å². The van der Waals surface area contributed by atoms with Crippen molar-refractivity contribution in [1.29, 1.82) is 0 Å². The normalized spacial score (nSPS) is 32.0. The van der Waals surface area contributed by atoms with Gasteiger partial charge in [0.1, 0.15) is 0 Å². The van der Waals surface area contributed by atoms with Crippen LogP contribution in [0, 0.1) is 17.8 Å². The van der Waals surface area contributed by atoms with Crippen LogP contribution in [0.25, 0.3) is 0 Å². The zero-order valence-corrected chi connectivity index (χ0v) is 13.9. The third-order valence-electron chi connectivity index (χ3n) is 5.69. The van der Waals surface area contributed by atoms with E-state index in [1.807, 2.05) is 12.1 Å². The van der Waals surface area contributed by atoms with Gasteiger partial charge < -0.3 is 4.90 Å². The molecule has 0 N–H and O–H groups in total. The summed E-state index contributed by atoms with van der Waals surface area (Å²) in [5, 5.41) is 0.827. The lowest BCUT2D eigenvalue weighted by molar-refractivity contribution is 0.108. The molecular formula is C19H25ClN2. The molecular weight excluding hydrogens is 292 g/mol. The second-order valence-electron chi connectivity index (χ2n) is 7.24. The summed E-state index contributed by atoms with van der Waals surface area (Å²) in [7, 11) is 0. The van der Waals surface area contributed by atoms with Crippen molar-refractivity contribution in [2.45, 2.75) is 19.4 Å². The van der Waals surface area contributed by atoms with Crippen molar-refractivity contribution in [3.63, 3.8) is 0 Å². The summed E-state index contributed by atoms with van der Waals surface area (Å²) in [4.78, 5) is 5.26. The van der Waals surface area contributed by atoms with Gasteiger partial charge in [-0.05, 0) is 48.3 Å². The summed E-state index contributed by atoms with van der Waals surface area (Å²) >= 11 is 5.96. The number of halogens is 1. The Morgan fingerprint density at radius 1 is 0.909 bits per heavy atom. The topological polar surface area (TPSA) is 6.48 Å². The number of hydrogen-bond donors (Lipinski definition) is 0. The van der Waals surface area contributed by atoms with Crippen LogP contribution in [0.2, 0.25) is 5.02 Å². The molecule has 2 aliphatic carbocycles. The molecule has 1 heterocycles. The molecule has 0 amide bonds. The maximum absolute atomic E-state index is 5.96. The van der Waals surface area contributed by atoms with Gasteiger partial charge in [0.15, 0.2) is 0 Å². The number of fused-ring (bicyclic) bond motifs is 2. The lowest BCUT2D eigenvalue weighted by Crippen LogP contribution is -2.47. The Balaban J connectivity index is 1.24. The molecule has 2 fully saturated rings. The number of piperazine rings is 1. The van der Waals surface area contributed by atoms with Crippen LogP contribution in [-0.2, 0) is 6.54 Å². The standard InChI is InChI=1S/C19H25ClN2/c20-19-5-2-15(3-6-19)13-21-7-9-22(10-8-21)14-18-12-16-1-4-17(18)11-16/h1-6,16-18H,7-14H2/t16-,17+,18-/m0/s1. The molecule has 3 heteroatoms. The van der Waals surface area contributed by atoms with Crippen LogP contribution in [0.4, 0.5) is 0 Å². The second-order valence-corrected chi connectivity index (χ2v) is 7.68. The van der Waals surface area contributed by atoms with Crippen LogP contribution < -0.4 is 0 Å². The highest BCUT2D eigenvalue weighted by molar-refractivity contribution is 6.30. The van der Waals surface area contributed by atoms with Crippen molar-refractivity contribution in [3.8, 4) is 0 Å². The molecule has 0 unspecified atom stereocenters. The number of hydrogen-bond acceptors (Lipinski definition) is 2. The molecule has 118 valence electrons. The minimum Gasteiger partial charge on any atom is -0.300 e. The molecule has 0 aromatic heterocycles. The van der Waals surface area contributed by atoms with E-state index in [-0.39, 0.29) is 0 Å². The zero-order chi connectivity index (χ0) is 14.9. The summed E-state index contributed by atoms with van der Waals surface area (Å²) in [6, 6.07) is 8.29. The Morgan fingerprint density at radius 2 is 1.64 bits per heavy atom. The zero-order valence-electron chi connectivity index (χ0n) is 13.1. The summed E-state index contributed by atoms with van der Waals surface area (Å²) in [6.45, 7) is 7.22. The number of nitrogens with zero attached hydrogens (tertiary/aromatic N) is 2. The summed E-state index contributed by atoms with van der Waals surface area (Å²) in [6.07, 6.45) is 7.80. The average molecular weight is 317 g/mol. The Kier molecular flexibility index (Phi) is 4.25. The van der Waals surface area contributed by atoms with Gasteiger partial charge in [0, 0.05) is 44.3 Å². The lowest BCUT2D eigenvalue weighted by Gasteiger charge is -2.37. The van der Waals surface area contributed by atoms with Crippen molar-refractivity contribution in [2.75, 3.05) is 32.7 Å². The molecule has 0 spiro atoms. The van der Waals surface area contributed by atoms with Gasteiger partial charge in [-0.15, -0.1) is 0 Å². The molecule has 1 aromatic carbocycles. The molecule has 22 heavy (non-hydrogen) atoms. The fraction of sp³-hybridized carbons (Fsp3) is 0.579. The number of allylic oxidation sites excluding steroid dienone is 2. The summed E-state index contributed by atoms with van der Waals surface area (Å²) < 4.78 is 0. The van der Waals surface area contributed by atoms with Gasteiger partial charge in [-0.2, -0.15) is 0 Å². The summed E-state index contributed by atoms with van der Waals surface area (Å²) in [5.74, 6) is 2.72. The number of rotatable bonds is 4. The highest BCUT2D eigenvalue weighted by atomic mass is 35.5. The smallest absolute Gasteiger partial charge is 0.0406 e. The third-order valence-corrected chi connectivity index (χ3v) is 5.95. The van der Waals surface area contributed by atoms with Gasteiger partial charge in [0.2, 0.25) is 0 Å². The van der Waals surface area contributed by atoms with Crippen LogP contribution in [0.5, 0.6) is 0 Å². The molecule has 3 atom stereocenters. The van der Waals surface area contributed by atoms with E-state index in [1.165, 1.54) is 51.1 Å². The maximum Gasteiger partial charge on any atom is 0.0406 e. The molecule has 1 saturated heterocycles. The number of benzene rings is 1. The van der Waals surface area contributed by atoms with E-state index in [2.05, 4.69) is 34.1 Å². The molecule has 2 nitrogen and oxygen atoms in total. The van der Waals surface area contributed by atoms with Gasteiger partial charge in [-0.25, -0.2) is 0 Å². The minimum absolute atomic E-state index is 0.827. The molecule has 4 rings (SSSR count). The van der Waals surface area contributed by atoms with Crippen molar-refractivity contribution >= 4 is 11.6 Å². The molecule has 2 bridgehead atoms. The van der Waals surface area contributed by atoms with Crippen molar-refractivity contribution in [1.82, 2.24) is 9.80 Å². The van der Waals surface area contributed by atoms with Crippen molar-refractivity contribution in [2.24, 2.45) is 17.8 Å². The highest BCUT2D eigenvalue weighted by Crippen LogP contribution is 2.43. The van der Waals surface area contributed by atoms with Crippen LogP contribution in [-0.4, -0.2) is 42.5 Å². The van der Waals surface area contributed by atoms with E-state index in [0.717, 1.165) is 29.3 Å². The second kappa shape index (κ2) is 6.35. The van der Waals surface area contributed by atoms with Crippen LogP contribution >= 0.6 is 11.6 Å². The van der Waals surface area contributed by atoms with Gasteiger partial charge >= 0.3 is 0 Å². The SMILES string of the molecule is Clc1ccc(CN2CCN(C[C@@H]3C[C@H]4C=C[C@@H]3C4)CC2)cc1. The Morgan fingerprint density at radius 3 is 2.27 bits per heavy atom. The molecule has 0 radical (unpaired) electrons. The van der Waals surface area contributed by atoms with E-state index in [0.29, 0.717) is 0 Å². The quantitative estimate of drug-likeness (QED) is 0.782. The minimum atomic E-state index is 0.827. The van der Waals surface area contributed by atoms with Crippen LogP contribution in [0.1, 0.15) is 18.4 Å². The first-order valence-corrected chi connectivity index (χ1v) is 9.01. The predicted octanol–water partition coefficient (Wildman–Crippen LogP) is 3.67. The summed E-state index contributed by atoms with van der Waals surface area (Å²) in [5.41, 5.74) is 1.37. The van der Waals surface area contributed by atoms with Crippen LogP contribution in [0.3, 0.4) is 0 Å². The van der Waals surface area contributed by atoms with Crippen molar-refractivity contribution in [3.05, 3.63) is 47.0 Å². The van der Waals surface area contributed by atoms with Gasteiger partial charge in [-0.3, -0.25) is 4.90 Å². The monoisotopic (exact) mass is 316 g/mol. The Bertz CT molecular complexity index is 531. The lowest BCUT2D eigenvalue weighted by atomic mass is 9.93. The molecule has 1 aromatic rings. The first-order valence-electron chi connectivity index (χ1n) is 8.64. The molecule has 1 saturated carbocycles. The first kappa shape index (κ1) is 14.7. The fourth-order valence-corrected chi connectivity index (χ4v) is 4.54. The van der Waals surface area contributed by atoms with Crippen LogP contribution in [0.15, 0.2) is 36.4 Å². The van der Waals surface area contributed by atoms with Crippen molar-refractivity contribution < 1.29 is 0 Å². The highest BCUT2D eigenvalue weighted by Gasteiger charge is 2.36. The largest absolute Gasteiger partial charge is 0.300 e. The average Bonchev–Trinajstić information content (AvgIpc) is 3.14. The molecule has 1 aliphatic heterocycles. The van der Waals surface area contributed by atoms with Gasteiger partial charge in [-0.1, -0.05) is 35.9 Å². The Hall–Kier alpha value is -0.830. The van der Waals surface area contributed by atoms with Gasteiger partial charge in [0.25, 0.3) is 0 Å². The van der Waals surface area contributed by atoms with E-state index in [9.17, 15) is 0 Å². The molecule has 3 aliphatic rings. The first-order chi connectivity index (χ1) is 10.8. The van der Waals surface area contributed by atoms with Gasteiger partial charge in [0.05, 0.1) is 0 Å². The van der Waals surface area contributed by atoms with E-state index in [1.54, 1.807) is 0 Å². The van der Waals surface area contributed by atoms with E-state index >= 15 is 0 Å².